The Kier molecular flexibility index (Phi) is 6.39. The minimum atomic E-state index is -0.163. The van der Waals surface area contributed by atoms with Crippen molar-refractivity contribution in [1.82, 2.24) is 10.2 Å². The SMILES string of the molecule is CN(C)Cc1ccc(-c2ccccc2CNC(=O)c2ccc3c(c2)NC(=O)CS3)cc1. The van der Waals surface area contributed by atoms with Crippen LogP contribution < -0.4 is 10.6 Å². The Balaban J connectivity index is 1.48. The van der Waals surface area contributed by atoms with Crippen molar-refractivity contribution in [3.8, 4) is 11.1 Å². The zero-order valence-corrected chi connectivity index (χ0v) is 18.5. The zero-order valence-electron chi connectivity index (χ0n) is 17.6. The Morgan fingerprint density at radius 3 is 2.61 bits per heavy atom. The van der Waals surface area contributed by atoms with Crippen LogP contribution in [0.4, 0.5) is 5.69 Å². The van der Waals surface area contributed by atoms with Crippen LogP contribution >= 0.6 is 11.8 Å². The molecule has 0 radical (unpaired) electrons. The van der Waals surface area contributed by atoms with Crippen molar-refractivity contribution in [3.05, 3.63) is 83.4 Å². The molecule has 5 nitrogen and oxygen atoms in total. The van der Waals surface area contributed by atoms with Crippen LogP contribution in [0.25, 0.3) is 11.1 Å². The molecule has 0 aromatic heterocycles. The molecule has 1 aliphatic rings. The minimum Gasteiger partial charge on any atom is -0.348 e. The van der Waals surface area contributed by atoms with E-state index in [1.54, 1.807) is 12.1 Å². The van der Waals surface area contributed by atoms with Gasteiger partial charge < -0.3 is 15.5 Å². The highest BCUT2D eigenvalue weighted by Gasteiger charge is 2.17. The van der Waals surface area contributed by atoms with Crippen LogP contribution in [0, 0.1) is 0 Å². The lowest BCUT2D eigenvalue weighted by atomic mass is 9.98. The highest BCUT2D eigenvalue weighted by molar-refractivity contribution is 8.00. The van der Waals surface area contributed by atoms with E-state index in [9.17, 15) is 9.59 Å². The van der Waals surface area contributed by atoms with Crippen molar-refractivity contribution in [2.45, 2.75) is 18.0 Å². The quantitative estimate of drug-likeness (QED) is 0.608. The minimum absolute atomic E-state index is 0.0411. The molecule has 2 amide bonds. The zero-order chi connectivity index (χ0) is 21.8. The number of hydrogen-bond acceptors (Lipinski definition) is 4. The molecule has 0 spiro atoms. The third kappa shape index (κ3) is 5.16. The van der Waals surface area contributed by atoms with Gasteiger partial charge in [-0.3, -0.25) is 9.59 Å². The van der Waals surface area contributed by atoms with Crippen LogP contribution in [-0.4, -0.2) is 36.6 Å². The number of anilines is 1. The Labute approximate surface area is 186 Å². The summed E-state index contributed by atoms with van der Waals surface area (Å²) in [6.45, 7) is 1.32. The van der Waals surface area contributed by atoms with Crippen LogP contribution in [0.2, 0.25) is 0 Å². The number of nitrogens with zero attached hydrogens (tertiary/aromatic N) is 1. The van der Waals surface area contributed by atoms with E-state index >= 15 is 0 Å². The molecule has 1 heterocycles. The first-order chi connectivity index (χ1) is 15.0. The van der Waals surface area contributed by atoms with E-state index in [-0.39, 0.29) is 11.8 Å². The summed E-state index contributed by atoms with van der Waals surface area (Å²) >= 11 is 1.48. The van der Waals surface area contributed by atoms with Crippen LogP contribution in [-0.2, 0) is 17.9 Å². The highest BCUT2D eigenvalue weighted by atomic mass is 32.2. The summed E-state index contributed by atoms with van der Waals surface area (Å²) in [6.07, 6.45) is 0. The molecule has 0 atom stereocenters. The fraction of sp³-hybridized carbons (Fsp3) is 0.200. The summed E-state index contributed by atoms with van der Waals surface area (Å²) in [6, 6.07) is 22.1. The number of fused-ring (bicyclic) bond motifs is 1. The van der Waals surface area contributed by atoms with Crippen molar-refractivity contribution in [1.29, 1.82) is 0 Å². The second kappa shape index (κ2) is 9.37. The Hall–Kier alpha value is -3.09. The molecule has 3 aromatic carbocycles. The Morgan fingerprint density at radius 2 is 1.84 bits per heavy atom. The van der Waals surface area contributed by atoms with E-state index in [1.165, 1.54) is 17.3 Å². The predicted molar refractivity (Wildman–Crippen MR) is 126 cm³/mol. The first-order valence-corrected chi connectivity index (χ1v) is 11.1. The van der Waals surface area contributed by atoms with Crippen LogP contribution in [0.3, 0.4) is 0 Å². The maximum atomic E-state index is 12.7. The normalized spacial score (nSPS) is 12.9. The van der Waals surface area contributed by atoms with Crippen molar-refractivity contribution in [2.24, 2.45) is 0 Å². The number of thioether (sulfide) groups is 1. The largest absolute Gasteiger partial charge is 0.348 e. The van der Waals surface area contributed by atoms with Crippen molar-refractivity contribution in [2.75, 3.05) is 25.2 Å². The number of nitrogens with one attached hydrogen (secondary N) is 2. The fourth-order valence-electron chi connectivity index (χ4n) is 3.61. The Bertz CT molecular complexity index is 1110. The lowest BCUT2D eigenvalue weighted by Gasteiger charge is -2.17. The molecule has 6 heteroatoms. The molecule has 0 saturated carbocycles. The molecule has 0 saturated heterocycles. The fourth-order valence-corrected chi connectivity index (χ4v) is 4.40. The Morgan fingerprint density at radius 1 is 1.06 bits per heavy atom. The molecule has 158 valence electrons. The standard InChI is InChI=1S/C25H25N3O2S/c1-28(2)15-17-7-9-18(10-8-17)21-6-4-3-5-20(21)14-26-25(30)19-11-12-23-22(13-19)27-24(29)16-31-23/h3-13H,14-16H2,1-2H3,(H,26,30)(H,27,29). The van der Waals surface area contributed by atoms with Gasteiger partial charge in [-0.2, -0.15) is 0 Å². The maximum Gasteiger partial charge on any atom is 0.251 e. The van der Waals surface area contributed by atoms with Crippen molar-refractivity contribution >= 4 is 29.3 Å². The van der Waals surface area contributed by atoms with E-state index in [1.807, 2.05) is 24.3 Å². The third-order valence-corrected chi connectivity index (χ3v) is 6.17. The van der Waals surface area contributed by atoms with Gasteiger partial charge in [0.05, 0.1) is 11.4 Å². The monoisotopic (exact) mass is 431 g/mol. The first-order valence-electron chi connectivity index (χ1n) is 10.2. The molecule has 3 aromatic rings. The van der Waals surface area contributed by atoms with Gasteiger partial charge in [-0.15, -0.1) is 11.8 Å². The molecule has 0 unspecified atom stereocenters. The van der Waals surface area contributed by atoms with Crippen molar-refractivity contribution in [3.63, 3.8) is 0 Å². The van der Waals surface area contributed by atoms with Crippen LogP contribution in [0.1, 0.15) is 21.5 Å². The van der Waals surface area contributed by atoms with Gasteiger partial charge >= 0.3 is 0 Å². The second-order valence-electron chi connectivity index (χ2n) is 7.82. The molecular weight excluding hydrogens is 406 g/mol. The average Bonchev–Trinajstić information content (AvgIpc) is 2.77. The number of benzene rings is 3. The number of hydrogen-bond donors (Lipinski definition) is 2. The van der Waals surface area contributed by atoms with Gasteiger partial charge in [0.15, 0.2) is 0 Å². The number of amides is 2. The number of carbonyl (C=O) groups is 2. The molecule has 4 rings (SSSR count). The third-order valence-electron chi connectivity index (χ3n) is 5.10. The van der Waals surface area contributed by atoms with Gasteiger partial charge in [-0.25, -0.2) is 0 Å². The van der Waals surface area contributed by atoms with E-state index in [0.29, 0.717) is 23.5 Å². The smallest absolute Gasteiger partial charge is 0.251 e. The van der Waals surface area contributed by atoms with Gasteiger partial charge in [-0.1, -0.05) is 48.5 Å². The molecule has 0 aliphatic carbocycles. The summed E-state index contributed by atoms with van der Waals surface area (Å²) in [4.78, 5) is 27.5. The van der Waals surface area contributed by atoms with E-state index in [0.717, 1.165) is 28.1 Å². The molecular formula is C25H25N3O2S. The highest BCUT2D eigenvalue weighted by Crippen LogP contribution is 2.32. The van der Waals surface area contributed by atoms with Gasteiger partial charge in [0.2, 0.25) is 5.91 Å². The summed E-state index contributed by atoms with van der Waals surface area (Å²) in [5.74, 6) is 0.204. The summed E-state index contributed by atoms with van der Waals surface area (Å²) in [5.41, 5.74) is 5.78. The van der Waals surface area contributed by atoms with Crippen LogP contribution in [0.5, 0.6) is 0 Å². The summed E-state index contributed by atoms with van der Waals surface area (Å²) in [5, 5.41) is 5.85. The van der Waals surface area contributed by atoms with Gasteiger partial charge in [0.1, 0.15) is 0 Å². The summed E-state index contributed by atoms with van der Waals surface area (Å²) in [7, 11) is 4.11. The predicted octanol–water partition coefficient (Wildman–Crippen LogP) is 4.39. The molecule has 31 heavy (non-hydrogen) atoms. The topological polar surface area (TPSA) is 61.4 Å². The van der Waals surface area contributed by atoms with Gasteiger partial charge in [0, 0.05) is 23.5 Å². The second-order valence-corrected chi connectivity index (χ2v) is 8.84. The average molecular weight is 432 g/mol. The number of rotatable bonds is 6. The van der Waals surface area contributed by atoms with Crippen LogP contribution in [0.15, 0.2) is 71.6 Å². The van der Waals surface area contributed by atoms with Gasteiger partial charge in [0.25, 0.3) is 5.91 Å². The van der Waals surface area contributed by atoms with Crippen molar-refractivity contribution < 1.29 is 9.59 Å². The van der Waals surface area contributed by atoms with E-state index < -0.39 is 0 Å². The molecule has 0 bridgehead atoms. The van der Waals surface area contributed by atoms with Gasteiger partial charge in [-0.05, 0) is 54.5 Å². The first kappa shape index (κ1) is 21.2. The lowest BCUT2D eigenvalue weighted by molar-refractivity contribution is -0.113. The van der Waals surface area contributed by atoms with E-state index in [2.05, 4.69) is 60.0 Å². The molecule has 0 fully saturated rings. The molecule has 2 N–H and O–H groups in total. The lowest BCUT2D eigenvalue weighted by Crippen LogP contribution is -2.24. The number of carbonyl (C=O) groups excluding carboxylic acids is 2. The maximum absolute atomic E-state index is 12.7. The molecule has 1 aliphatic heterocycles. The summed E-state index contributed by atoms with van der Waals surface area (Å²) < 4.78 is 0. The van der Waals surface area contributed by atoms with E-state index in [4.69, 9.17) is 0 Å².